The lowest BCUT2D eigenvalue weighted by atomic mass is 10.0. The van der Waals surface area contributed by atoms with Crippen molar-refractivity contribution in [2.75, 3.05) is 0 Å². The molecular weight excluding hydrogens is 246 g/mol. The first-order chi connectivity index (χ1) is 7.54. The number of hydrogen-bond donors (Lipinski definition) is 1. The van der Waals surface area contributed by atoms with Crippen LogP contribution in [0.5, 0.6) is 5.75 Å². The van der Waals surface area contributed by atoms with E-state index in [9.17, 15) is 9.79 Å². The summed E-state index contributed by atoms with van der Waals surface area (Å²) >= 11 is 0. The molecule has 0 heterocycles. The van der Waals surface area contributed by atoms with Crippen molar-refractivity contribution in [2.45, 2.75) is 26.7 Å². The Bertz CT molecular complexity index is 400. The maximum atomic E-state index is 11.1. The highest BCUT2D eigenvalue weighted by molar-refractivity contribution is 7.90. The lowest BCUT2D eigenvalue weighted by Gasteiger charge is -2.05. The van der Waals surface area contributed by atoms with E-state index in [1.165, 1.54) is 0 Å². The molecule has 0 aliphatic rings. The van der Waals surface area contributed by atoms with Gasteiger partial charge in [-0.1, -0.05) is 19.4 Å². The Hall–Kier alpha value is -0.500. The average molecular weight is 260 g/mol. The van der Waals surface area contributed by atoms with Crippen molar-refractivity contribution in [3.8, 4) is 5.75 Å². The van der Waals surface area contributed by atoms with Crippen LogP contribution < -0.4 is 14.3 Å². The van der Waals surface area contributed by atoms with Crippen molar-refractivity contribution in [3.05, 3.63) is 29.3 Å². The molecule has 1 rings (SSSR count). The molecule has 0 fully saturated rings. The van der Waals surface area contributed by atoms with Gasteiger partial charge >= 0.3 is 15.3 Å². The Balaban J connectivity index is 2.91. The average Bonchev–Trinajstić information content (AvgIpc) is 2.23. The van der Waals surface area contributed by atoms with Crippen LogP contribution in [-0.4, -0.2) is 4.89 Å². The first kappa shape index (κ1) is 13.6. The molecule has 2 unspecified atom stereocenters. The highest BCUT2D eigenvalue weighted by atomic mass is 31.8. The van der Waals surface area contributed by atoms with Crippen LogP contribution >= 0.6 is 15.3 Å². The van der Waals surface area contributed by atoms with Crippen LogP contribution in [0.2, 0.25) is 0 Å². The molecule has 0 saturated heterocycles. The molecule has 16 heavy (non-hydrogen) atoms. The predicted octanol–water partition coefficient (Wildman–Crippen LogP) is 1.58. The summed E-state index contributed by atoms with van der Waals surface area (Å²) in [4.78, 5) is 30.2. The molecule has 1 aromatic rings. The van der Waals surface area contributed by atoms with Gasteiger partial charge in [-0.05, 0) is 36.6 Å². The molecule has 0 aliphatic carbocycles. The SMILES string of the molecule is CCCc1cc(O[P+]([O-])=[P+]([O-])O)ccc1C. The van der Waals surface area contributed by atoms with Crippen LogP contribution in [0, 0.1) is 6.92 Å². The van der Waals surface area contributed by atoms with E-state index < -0.39 is 15.3 Å². The van der Waals surface area contributed by atoms with Gasteiger partial charge in [0, 0.05) is 0 Å². The molecule has 0 saturated carbocycles. The summed E-state index contributed by atoms with van der Waals surface area (Å²) < 4.78 is 4.89. The summed E-state index contributed by atoms with van der Waals surface area (Å²) in [6.07, 6.45) is 1.91. The van der Waals surface area contributed by atoms with Gasteiger partial charge in [-0.2, -0.15) is 4.89 Å². The number of hydrogen-bond acceptors (Lipinski definition) is 3. The molecule has 0 amide bonds. The minimum absolute atomic E-state index is 0.382. The molecule has 1 N–H and O–H groups in total. The fraction of sp³-hybridized carbons (Fsp3) is 0.400. The van der Waals surface area contributed by atoms with Crippen LogP contribution in [0.4, 0.5) is 0 Å². The summed E-state index contributed by atoms with van der Waals surface area (Å²) in [5, 5.41) is 0. The van der Waals surface area contributed by atoms with E-state index in [-0.39, 0.29) is 0 Å². The quantitative estimate of drug-likeness (QED) is 0.834. The van der Waals surface area contributed by atoms with Crippen LogP contribution in [0.25, 0.3) is 0 Å². The maximum absolute atomic E-state index is 11.1. The molecule has 88 valence electrons. The van der Waals surface area contributed by atoms with Crippen molar-refractivity contribution in [1.29, 1.82) is 0 Å². The molecule has 0 radical (unpaired) electrons. The smallest absolute Gasteiger partial charge is 0.500 e. The van der Waals surface area contributed by atoms with Crippen LogP contribution in [0.15, 0.2) is 18.2 Å². The molecule has 0 bridgehead atoms. The van der Waals surface area contributed by atoms with Crippen molar-refractivity contribution in [3.63, 3.8) is 0 Å². The number of rotatable bonds is 4. The van der Waals surface area contributed by atoms with Gasteiger partial charge in [0.2, 0.25) is 0 Å². The molecule has 0 spiro atoms. The summed E-state index contributed by atoms with van der Waals surface area (Å²) in [6.45, 7) is 4.05. The normalized spacial score (nSPS) is 12.3. The molecule has 1 aromatic carbocycles. The summed E-state index contributed by atoms with van der Waals surface area (Å²) in [6, 6.07) is 5.28. The highest BCUT2D eigenvalue weighted by Crippen LogP contribution is 2.35. The second-order valence-corrected chi connectivity index (χ2v) is 6.59. The number of benzene rings is 1. The van der Waals surface area contributed by atoms with Gasteiger partial charge in [-0.3, -0.25) is 4.52 Å². The molecular formula is C10H14O4P2. The standard InChI is InChI=1S/C10H14O4P2/c1-3-4-9-7-10(6-5-8(9)2)14-16(13)15(11)12/h5-7H,3-4H2,1-2H3,(H,11,12). The van der Waals surface area contributed by atoms with Crippen LogP contribution in [-0.2, 0) is 6.42 Å². The Morgan fingerprint density at radius 2 is 2.06 bits per heavy atom. The Morgan fingerprint density at radius 1 is 1.38 bits per heavy atom. The van der Waals surface area contributed by atoms with E-state index >= 15 is 0 Å². The molecule has 2 atom stereocenters. The van der Waals surface area contributed by atoms with Crippen molar-refractivity contribution in [1.82, 2.24) is 0 Å². The Labute approximate surface area is 96.8 Å². The second kappa shape index (κ2) is 6.29. The van der Waals surface area contributed by atoms with E-state index in [0.717, 1.165) is 24.0 Å². The highest BCUT2D eigenvalue weighted by Gasteiger charge is 2.14. The van der Waals surface area contributed by atoms with E-state index in [1.807, 2.05) is 13.0 Å². The first-order valence-electron chi connectivity index (χ1n) is 4.95. The summed E-state index contributed by atoms with van der Waals surface area (Å²) in [5.41, 5.74) is 2.24. The third-order valence-corrected chi connectivity index (χ3v) is 3.89. The Morgan fingerprint density at radius 3 is 2.62 bits per heavy atom. The molecule has 6 heteroatoms. The maximum Gasteiger partial charge on any atom is 0.500 e. The van der Waals surface area contributed by atoms with Gasteiger partial charge in [0.15, 0.2) is 5.75 Å². The van der Waals surface area contributed by atoms with E-state index in [1.54, 1.807) is 12.1 Å². The van der Waals surface area contributed by atoms with Crippen molar-refractivity contribution in [2.24, 2.45) is 0 Å². The Kier molecular flexibility index (Phi) is 5.33. The van der Waals surface area contributed by atoms with Gasteiger partial charge in [0.05, 0.1) is 0 Å². The van der Waals surface area contributed by atoms with Crippen molar-refractivity contribution >= 4 is 15.3 Å². The third-order valence-electron chi connectivity index (χ3n) is 2.16. The second-order valence-electron chi connectivity index (χ2n) is 3.42. The van der Waals surface area contributed by atoms with Gasteiger partial charge in [-0.15, -0.1) is 0 Å². The topological polar surface area (TPSA) is 75.6 Å². The largest absolute Gasteiger partial charge is 0.565 e. The zero-order chi connectivity index (χ0) is 12.1. The van der Waals surface area contributed by atoms with Gasteiger partial charge in [-0.25, -0.2) is 0 Å². The fourth-order valence-corrected chi connectivity index (χ4v) is 2.22. The predicted molar refractivity (Wildman–Crippen MR) is 61.9 cm³/mol. The lowest BCUT2D eigenvalue weighted by Crippen LogP contribution is -1.98. The van der Waals surface area contributed by atoms with Gasteiger partial charge in [0.25, 0.3) is 0 Å². The van der Waals surface area contributed by atoms with E-state index in [2.05, 4.69) is 6.92 Å². The number of aryl methyl sites for hydroxylation is 2. The summed E-state index contributed by atoms with van der Waals surface area (Å²) in [7, 11) is -5.31. The monoisotopic (exact) mass is 260 g/mol. The van der Waals surface area contributed by atoms with Crippen LogP contribution in [0.1, 0.15) is 24.5 Å². The molecule has 4 nitrogen and oxygen atoms in total. The zero-order valence-corrected chi connectivity index (χ0v) is 11.0. The van der Waals surface area contributed by atoms with Crippen LogP contribution in [0.3, 0.4) is 0 Å². The zero-order valence-electron chi connectivity index (χ0n) is 9.21. The minimum Gasteiger partial charge on any atom is -0.565 e. The van der Waals surface area contributed by atoms with E-state index in [4.69, 9.17) is 9.42 Å². The van der Waals surface area contributed by atoms with Crippen molar-refractivity contribution < 1.29 is 19.2 Å². The lowest BCUT2D eigenvalue weighted by molar-refractivity contribution is -0.184. The minimum atomic E-state index is -2.77. The fourth-order valence-electron chi connectivity index (χ4n) is 1.37. The first-order valence-corrected chi connectivity index (χ1v) is 8.05. The molecule has 0 aromatic heterocycles. The van der Waals surface area contributed by atoms with Gasteiger partial charge in [0.1, 0.15) is 0 Å². The van der Waals surface area contributed by atoms with E-state index in [0.29, 0.717) is 5.75 Å². The summed E-state index contributed by atoms with van der Waals surface area (Å²) in [5.74, 6) is 0.382. The van der Waals surface area contributed by atoms with Gasteiger partial charge < -0.3 is 9.79 Å². The third kappa shape index (κ3) is 3.82. The molecule has 0 aliphatic heterocycles.